The Morgan fingerprint density at radius 1 is 1.33 bits per heavy atom. The lowest BCUT2D eigenvalue weighted by atomic mass is 9.96. The van der Waals surface area contributed by atoms with Gasteiger partial charge in [0, 0.05) is 30.3 Å². The van der Waals surface area contributed by atoms with Gasteiger partial charge < -0.3 is 19.7 Å². The zero-order valence-corrected chi connectivity index (χ0v) is 14.4. The Balaban J connectivity index is 1.84. The maximum atomic E-state index is 10.8. The van der Waals surface area contributed by atoms with Crippen molar-refractivity contribution < 1.29 is 9.53 Å². The third-order valence-electron chi connectivity index (χ3n) is 4.27. The first-order valence-electron chi connectivity index (χ1n) is 7.98. The average Bonchev–Trinajstić information content (AvgIpc) is 2.98. The number of anilines is 2. The van der Waals surface area contributed by atoms with Crippen molar-refractivity contribution in [3.63, 3.8) is 0 Å². The van der Waals surface area contributed by atoms with Gasteiger partial charge in [0.2, 0.25) is 0 Å². The third kappa shape index (κ3) is 3.41. The van der Waals surface area contributed by atoms with Gasteiger partial charge >= 0.3 is 0 Å². The Kier molecular flexibility index (Phi) is 5.11. The predicted octanol–water partition coefficient (Wildman–Crippen LogP) is 3.97. The fraction of sp³-hybridized carbons (Fsp3) is 0.263. The molecule has 24 heavy (non-hydrogen) atoms. The van der Waals surface area contributed by atoms with Crippen LogP contribution in [0, 0.1) is 0 Å². The summed E-state index contributed by atoms with van der Waals surface area (Å²) in [6.45, 7) is 0.773. The number of rotatable bonds is 5. The molecule has 2 aromatic rings. The molecule has 0 radical (unpaired) electrons. The molecular formula is C19H20N2O2S. The lowest BCUT2D eigenvalue weighted by Gasteiger charge is -2.22. The van der Waals surface area contributed by atoms with E-state index in [0.29, 0.717) is 11.5 Å². The van der Waals surface area contributed by atoms with Crippen LogP contribution in [0.1, 0.15) is 24.3 Å². The molecule has 1 heterocycles. The van der Waals surface area contributed by atoms with Crippen LogP contribution in [-0.2, 0) is 4.79 Å². The largest absolute Gasteiger partial charge is 0.497 e. The van der Waals surface area contributed by atoms with Crippen molar-refractivity contribution in [2.75, 3.05) is 23.9 Å². The van der Waals surface area contributed by atoms with Crippen LogP contribution < -0.4 is 15.0 Å². The van der Waals surface area contributed by atoms with Gasteiger partial charge in [0.15, 0.2) is 5.11 Å². The number of nitrogens with zero attached hydrogens (tertiary/aromatic N) is 1. The van der Waals surface area contributed by atoms with Crippen molar-refractivity contribution in [2.45, 2.75) is 18.8 Å². The molecule has 3 rings (SSSR count). The van der Waals surface area contributed by atoms with Gasteiger partial charge in [-0.2, -0.15) is 0 Å². The number of para-hydroxylation sites is 1. The van der Waals surface area contributed by atoms with Crippen LogP contribution in [0.15, 0.2) is 48.5 Å². The Morgan fingerprint density at radius 2 is 2.12 bits per heavy atom. The van der Waals surface area contributed by atoms with E-state index >= 15 is 0 Å². The van der Waals surface area contributed by atoms with Gasteiger partial charge in [0.1, 0.15) is 12.0 Å². The minimum atomic E-state index is 0.274. The molecule has 1 unspecified atom stereocenters. The summed E-state index contributed by atoms with van der Waals surface area (Å²) in [5, 5.41) is 3.95. The van der Waals surface area contributed by atoms with Gasteiger partial charge in [-0.25, -0.2) is 0 Å². The maximum Gasteiger partial charge on any atom is 0.177 e. The summed E-state index contributed by atoms with van der Waals surface area (Å²) in [7, 11) is 1.66. The zero-order chi connectivity index (χ0) is 16.9. The monoisotopic (exact) mass is 340 g/mol. The second-order valence-electron chi connectivity index (χ2n) is 5.77. The van der Waals surface area contributed by atoms with Crippen LogP contribution >= 0.6 is 12.2 Å². The predicted molar refractivity (Wildman–Crippen MR) is 101 cm³/mol. The minimum absolute atomic E-state index is 0.274. The standard InChI is InChI=1S/C19H20N2O2S/c1-23-16-9-10-18-17(12-16)14(6-5-11-22)13-21(18)19(24)20-15-7-3-2-4-8-15/h2-4,7-12,14H,5-6,13H2,1H3,(H,20,24). The molecule has 0 saturated heterocycles. The highest BCUT2D eigenvalue weighted by Gasteiger charge is 2.31. The SMILES string of the molecule is COc1ccc2c(c1)C(CCC=O)CN2C(=S)Nc1ccccc1. The number of hydrogen-bond donors (Lipinski definition) is 1. The second kappa shape index (κ2) is 7.45. The lowest BCUT2D eigenvalue weighted by molar-refractivity contribution is -0.108. The molecule has 0 amide bonds. The third-order valence-corrected chi connectivity index (χ3v) is 4.59. The quantitative estimate of drug-likeness (QED) is 0.659. The first kappa shape index (κ1) is 16.5. The van der Waals surface area contributed by atoms with Crippen LogP contribution in [-0.4, -0.2) is 25.1 Å². The number of fused-ring (bicyclic) bond motifs is 1. The molecule has 0 aliphatic carbocycles. The first-order chi connectivity index (χ1) is 11.7. The number of carbonyl (C=O) groups excluding carboxylic acids is 1. The lowest BCUT2D eigenvalue weighted by Crippen LogP contribution is -2.33. The number of thiocarbonyl (C=S) groups is 1. The molecule has 1 N–H and O–H groups in total. The number of carbonyl (C=O) groups is 1. The van der Waals surface area contributed by atoms with Gasteiger partial charge in [-0.05, 0) is 54.5 Å². The number of ether oxygens (including phenoxy) is 1. The summed E-state index contributed by atoms with van der Waals surface area (Å²) in [5.41, 5.74) is 3.24. The number of methoxy groups -OCH3 is 1. The van der Waals surface area contributed by atoms with Crippen LogP contribution in [0.25, 0.3) is 0 Å². The minimum Gasteiger partial charge on any atom is -0.497 e. The van der Waals surface area contributed by atoms with E-state index in [2.05, 4.69) is 16.3 Å². The van der Waals surface area contributed by atoms with E-state index < -0.39 is 0 Å². The molecule has 0 saturated carbocycles. The second-order valence-corrected chi connectivity index (χ2v) is 6.16. The molecule has 1 aliphatic heterocycles. The molecule has 0 fully saturated rings. The summed E-state index contributed by atoms with van der Waals surface area (Å²) in [5.74, 6) is 1.10. The van der Waals surface area contributed by atoms with E-state index in [1.807, 2.05) is 42.5 Å². The number of benzene rings is 2. The van der Waals surface area contributed by atoms with Gasteiger partial charge in [0.25, 0.3) is 0 Å². The van der Waals surface area contributed by atoms with Crippen molar-refractivity contribution in [1.29, 1.82) is 0 Å². The van der Waals surface area contributed by atoms with Crippen LogP contribution in [0.5, 0.6) is 5.75 Å². The highest BCUT2D eigenvalue weighted by atomic mass is 32.1. The van der Waals surface area contributed by atoms with Crippen LogP contribution in [0.4, 0.5) is 11.4 Å². The highest BCUT2D eigenvalue weighted by Crippen LogP contribution is 2.40. The molecule has 0 spiro atoms. The van der Waals surface area contributed by atoms with E-state index in [9.17, 15) is 4.79 Å². The first-order valence-corrected chi connectivity index (χ1v) is 8.39. The summed E-state index contributed by atoms with van der Waals surface area (Å²) in [4.78, 5) is 12.9. The normalized spacial score (nSPS) is 15.7. The van der Waals surface area contributed by atoms with E-state index in [1.165, 1.54) is 5.56 Å². The summed E-state index contributed by atoms with van der Waals surface area (Å²) >= 11 is 5.61. The molecular weight excluding hydrogens is 320 g/mol. The number of hydrogen-bond acceptors (Lipinski definition) is 3. The van der Waals surface area contributed by atoms with Crippen molar-refractivity contribution in [2.24, 2.45) is 0 Å². The van der Waals surface area contributed by atoms with Crippen molar-refractivity contribution in [3.05, 3.63) is 54.1 Å². The molecule has 0 bridgehead atoms. The van der Waals surface area contributed by atoms with Crippen molar-refractivity contribution in [3.8, 4) is 5.75 Å². The fourth-order valence-corrected chi connectivity index (χ4v) is 3.36. The van der Waals surface area contributed by atoms with E-state index in [1.54, 1.807) is 7.11 Å². The fourth-order valence-electron chi connectivity index (χ4n) is 3.07. The average molecular weight is 340 g/mol. The van der Waals surface area contributed by atoms with E-state index in [0.717, 1.165) is 36.4 Å². The summed E-state index contributed by atoms with van der Waals surface area (Å²) < 4.78 is 5.35. The molecule has 5 heteroatoms. The molecule has 124 valence electrons. The Hall–Kier alpha value is -2.40. The highest BCUT2D eigenvalue weighted by molar-refractivity contribution is 7.80. The van der Waals surface area contributed by atoms with Gasteiger partial charge in [0.05, 0.1) is 7.11 Å². The van der Waals surface area contributed by atoms with Crippen LogP contribution in [0.3, 0.4) is 0 Å². The molecule has 1 aliphatic rings. The van der Waals surface area contributed by atoms with Crippen molar-refractivity contribution in [1.82, 2.24) is 0 Å². The number of aldehydes is 1. The van der Waals surface area contributed by atoms with E-state index in [-0.39, 0.29) is 5.92 Å². The van der Waals surface area contributed by atoms with Crippen LogP contribution in [0.2, 0.25) is 0 Å². The van der Waals surface area contributed by atoms with Gasteiger partial charge in [-0.15, -0.1) is 0 Å². The van der Waals surface area contributed by atoms with E-state index in [4.69, 9.17) is 17.0 Å². The molecule has 1 atom stereocenters. The Morgan fingerprint density at radius 3 is 2.83 bits per heavy atom. The molecule has 2 aromatic carbocycles. The maximum absolute atomic E-state index is 10.8. The number of nitrogens with one attached hydrogen (secondary N) is 1. The van der Waals surface area contributed by atoms with Gasteiger partial charge in [-0.3, -0.25) is 0 Å². The van der Waals surface area contributed by atoms with Gasteiger partial charge in [-0.1, -0.05) is 18.2 Å². The molecule has 0 aromatic heterocycles. The Labute approximate surface area is 147 Å². The summed E-state index contributed by atoms with van der Waals surface area (Å²) in [6, 6.07) is 15.9. The smallest absolute Gasteiger partial charge is 0.177 e. The van der Waals surface area contributed by atoms with Crippen molar-refractivity contribution >= 4 is 35.0 Å². The topological polar surface area (TPSA) is 41.6 Å². The Bertz CT molecular complexity index is 733. The zero-order valence-electron chi connectivity index (χ0n) is 13.6. The molecule has 4 nitrogen and oxygen atoms in total. The summed E-state index contributed by atoms with van der Waals surface area (Å²) in [6.07, 6.45) is 2.34.